The van der Waals surface area contributed by atoms with Gasteiger partial charge in [0.2, 0.25) is 0 Å². The first-order chi connectivity index (χ1) is 45.3. The average molecular weight is 1330 g/mol. The number of hydrogen-bond donors (Lipinski definition) is 8. The van der Waals surface area contributed by atoms with Crippen molar-refractivity contribution < 1.29 is 44.9 Å². The number of H-pyrrole nitrogens is 1. The third kappa shape index (κ3) is 12.3. The van der Waals surface area contributed by atoms with Crippen LogP contribution < -0.4 is 14.8 Å². The molecule has 0 amide bonds. The van der Waals surface area contributed by atoms with Gasteiger partial charge >= 0.3 is 0 Å². The molecule has 3 aliphatic heterocycles. The Kier molecular flexibility index (Phi) is 19.4. The van der Waals surface area contributed by atoms with Crippen LogP contribution in [0, 0.1) is 40.9 Å². The molecule has 11 nitrogen and oxygen atoms in total. The molecule has 2 bridgehead atoms. The smallest absolute Gasteiger partial charge is 0.164 e. The number of aliphatic hydroxyl groups is 3. The van der Waals surface area contributed by atoms with Crippen molar-refractivity contribution in [3.63, 3.8) is 0 Å². The molecule has 1 spiro atoms. The summed E-state index contributed by atoms with van der Waals surface area (Å²) < 4.78 is 13.3. The Morgan fingerprint density at radius 2 is 1.54 bits per heavy atom. The normalized spacial score (nSPS) is 30.7. The van der Waals surface area contributed by atoms with E-state index in [1.165, 1.54) is 31.2 Å². The summed E-state index contributed by atoms with van der Waals surface area (Å²) in [5, 5.41) is 82.4. The number of phenols is 3. The number of aliphatic hydroxyl groups excluding tert-OH is 3. The van der Waals surface area contributed by atoms with Gasteiger partial charge in [-0.3, -0.25) is 4.79 Å². The highest BCUT2D eigenvalue weighted by atomic mass is 33.1. The van der Waals surface area contributed by atoms with E-state index in [0.717, 1.165) is 132 Å². The second-order valence-corrected chi connectivity index (χ2v) is 33.8. The number of phenolic OH excluding ortho intramolecular Hbond substituents is 3. The summed E-state index contributed by atoms with van der Waals surface area (Å²) in [5.74, 6) is 0.0671. The molecule has 0 unspecified atom stereocenters. The standard InChI is InChI=1S/C78H92N2O9S4/c1-3-49-18-19-50-14-9-16-60-69(43-81)93-92-44-55-36-70(85)78(64-46-91-90-45-56-41-76(26-7-8-27-76)29-24-67(56)89-68-35-53(64)21-22-65(68)83,58-37-57(38-59(82)39-58)77-28-10-15-52(63(77)17-11-30-80-77)32-47-12-5-4-6-13-47)75(87)72(55)73(86)54(33-48-25-31-79-42-48)34-51-20-23-66(84)74(88-2)62(51)40-61(49)71(50)60/h4-6,9,12-14,16,18-23,25,31,35,37-39,42,52,54-56,63-64,67,69-70,72-73,79-86H,3,7-8,10-11,15,17,24,26-30,32-34,36,40-41,43-46H2,1-2H3/t52-,54-,55+,56-,63-,64-,67+,69+,70+,72-,73+,77+,78+/m1/s1. The summed E-state index contributed by atoms with van der Waals surface area (Å²) in [6.07, 6.45) is 17.1. The van der Waals surface area contributed by atoms with E-state index in [4.69, 9.17) is 9.47 Å². The van der Waals surface area contributed by atoms with E-state index in [-0.39, 0.29) is 59.2 Å². The van der Waals surface area contributed by atoms with Crippen molar-refractivity contribution in [1.82, 2.24) is 10.3 Å². The van der Waals surface area contributed by atoms with Gasteiger partial charge in [-0.25, -0.2) is 0 Å². The van der Waals surface area contributed by atoms with Crippen molar-refractivity contribution in [3.8, 4) is 28.7 Å². The molecule has 13 atom stereocenters. The number of fused-ring (bicyclic) bond motifs is 6. The molecule has 4 heterocycles. The van der Waals surface area contributed by atoms with Crippen LogP contribution in [0.15, 0.2) is 128 Å². The number of nitrogens with one attached hydrogen (secondary N) is 2. The van der Waals surface area contributed by atoms with Gasteiger partial charge in [0.1, 0.15) is 11.9 Å². The lowest BCUT2D eigenvalue weighted by Crippen LogP contribution is -2.63. The predicted molar refractivity (Wildman–Crippen MR) is 379 cm³/mol. The van der Waals surface area contributed by atoms with Crippen molar-refractivity contribution in [1.29, 1.82) is 0 Å². The zero-order valence-electron chi connectivity index (χ0n) is 53.8. The molecule has 0 radical (unpaired) electrons. The third-order valence-corrected chi connectivity index (χ3v) is 29.1. The van der Waals surface area contributed by atoms with Crippen molar-refractivity contribution in [2.75, 3.05) is 37.5 Å². The molecule has 7 aliphatic rings. The van der Waals surface area contributed by atoms with Gasteiger partial charge in [-0.1, -0.05) is 148 Å². The zero-order chi connectivity index (χ0) is 64.0. The van der Waals surface area contributed by atoms with Crippen LogP contribution in [0.3, 0.4) is 0 Å². The highest BCUT2D eigenvalue weighted by Gasteiger charge is 2.62. The SMILES string of the molecule is CCc1ccc2cccc3c2c1Cc1c(ccc(O)c1OC)C[C@@H](Cc1cc[nH]c1)[C@H](O)[C@@H]1C(=O)[C@@](c2cc(O)cc([C@@]45CCC[C@H](Cc6ccccc6)[C@H]4CCCN5)c2)([C@@H]2CSSC[C@H]4CC5(CCCC5)CC[C@@H]4Oc4cc2ccc4O)[C@@H](O)C[C@H]1CSS[C@H]3CO. The van der Waals surface area contributed by atoms with Crippen molar-refractivity contribution in [3.05, 3.63) is 183 Å². The number of carbonyl (C=O) groups excluding carboxylic acids is 1. The van der Waals surface area contributed by atoms with Gasteiger partial charge in [0.05, 0.1) is 36.6 Å². The summed E-state index contributed by atoms with van der Waals surface area (Å²) >= 11 is 0. The number of benzene rings is 6. The Labute approximate surface area is 564 Å². The lowest BCUT2D eigenvalue weighted by molar-refractivity contribution is -0.150. The second-order valence-electron chi connectivity index (χ2n) is 28.6. The molecule has 1 aromatic heterocycles. The maximum Gasteiger partial charge on any atom is 0.164 e. The molecule has 8 N–H and O–H groups in total. The van der Waals surface area contributed by atoms with E-state index >= 15 is 4.79 Å². The fourth-order valence-electron chi connectivity index (χ4n) is 19.3. The number of ether oxygens (including phenoxy) is 2. The first kappa shape index (κ1) is 65.1. The maximum atomic E-state index is 18.0. The Balaban J connectivity index is 0.953. The van der Waals surface area contributed by atoms with Crippen LogP contribution in [-0.2, 0) is 47.9 Å². The predicted octanol–water partition coefficient (Wildman–Crippen LogP) is 15.7. The van der Waals surface area contributed by atoms with Crippen molar-refractivity contribution in [2.24, 2.45) is 40.9 Å². The fraction of sp³-hybridized carbons (Fsp3) is 0.500. The van der Waals surface area contributed by atoms with Gasteiger partial charge in [-0.05, 0) is 223 Å². The number of aromatic hydroxyl groups is 3. The Morgan fingerprint density at radius 1 is 0.731 bits per heavy atom. The quantitative estimate of drug-likeness (QED) is 0.0605. The molecule has 6 aromatic carbocycles. The van der Waals surface area contributed by atoms with E-state index in [2.05, 4.69) is 84.0 Å². The molecule has 4 saturated carbocycles. The van der Waals surface area contributed by atoms with Crippen LogP contribution in [0.5, 0.6) is 28.7 Å². The van der Waals surface area contributed by atoms with Gasteiger partial charge in [0.15, 0.2) is 28.8 Å². The number of piperidine rings is 1. The number of hydrogen-bond acceptors (Lipinski definition) is 14. The monoisotopic (exact) mass is 1330 g/mol. The number of aromatic amines is 1. The lowest BCUT2D eigenvalue weighted by Gasteiger charge is -2.54. The van der Waals surface area contributed by atoms with Gasteiger partial charge in [-0.15, -0.1) is 0 Å². The Bertz CT molecular complexity index is 3780. The molecule has 492 valence electrons. The largest absolute Gasteiger partial charge is 0.508 e. The molecule has 7 aromatic rings. The molecule has 1 saturated heterocycles. The minimum Gasteiger partial charge on any atom is -0.508 e. The average Bonchev–Trinajstić information content (AvgIpc) is 0.718. The first-order valence-corrected chi connectivity index (χ1v) is 39.4. The minimum atomic E-state index is -1.77. The first-order valence-electron chi connectivity index (χ1n) is 34.5. The summed E-state index contributed by atoms with van der Waals surface area (Å²) in [6.45, 7) is 2.81. The molecule has 15 heteroatoms. The van der Waals surface area contributed by atoms with E-state index in [9.17, 15) is 30.6 Å². The van der Waals surface area contributed by atoms with Crippen molar-refractivity contribution >= 4 is 59.7 Å². The fourth-order valence-corrected chi connectivity index (χ4v) is 24.9. The van der Waals surface area contributed by atoms with Gasteiger partial charge in [0.25, 0.3) is 0 Å². The van der Waals surface area contributed by atoms with E-state index in [0.29, 0.717) is 59.2 Å². The molecule has 14 rings (SSSR count). The Hall–Kier alpha value is -5.23. The topological polar surface area (TPSA) is 185 Å². The van der Waals surface area contributed by atoms with Gasteiger partial charge < -0.3 is 50.4 Å². The minimum absolute atomic E-state index is 0.00771. The number of aryl methyl sites for hydroxylation is 1. The Morgan fingerprint density at radius 3 is 2.34 bits per heavy atom. The van der Waals surface area contributed by atoms with Crippen molar-refractivity contribution in [2.45, 2.75) is 163 Å². The maximum absolute atomic E-state index is 18.0. The molecule has 5 fully saturated rings. The summed E-state index contributed by atoms with van der Waals surface area (Å²) in [5.41, 5.74) is 7.39. The van der Waals surface area contributed by atoms with Crippen LogP contribution in [0.2, 0.25) is 0 Å². The molecule has 4 aliphatic carbocycles. The summed E-state index contributed by atoms with van der Waals surface area (Å²) in [4.78, 5) is 21.3. The van der Waals surface area contributed by atoms with Gasteiger partial charge in [-0.2, -0.15) is 0 Å². The van der Waals surface area contributed by atoms with E-state index < -0.39 is 46.8 Å². The number of rotatable bonds is 10. The van der Waals surface area contributed by atoms with Crippen LogP contribution in [0.1, 0.15) is 157 Å². The molecule has 93 heavy (non-hydrogen) atoms. The van der Waals surface area contributed by atoms with Crippen LogP contribution in [0.4, 0.5) is 0 Å². The lowest BCUT2D eigenvalue weighted by atomic mass is 9.52. The number of aromatic nitrogens is 1. The van der Waals surface area contributed by atoms with E-state index in [1.807, 2.05) is 53.5 Å². The second kappa shape index (κ2) is 27.7. The highest BCUT2D eigenvalue weighted by molar-refractivity contribution is 8.77. The molecular weight excluding hydrogens is 1240 g/mol. The third-order valence-electron chi connectivity index (χ3n) is 23.7. The number of methoxy groups -OCH3 is 1. The van der Waals surface area contributed by atoms with E-state index in [1.54, 1.807) is 57.7 Å². The number of carbonyl (C=O) groups is 1. The van der Waals surface area contributed by atoms with Crippen LogP contribution in [-0.4, -0.2) is 97.2 Å². The van der Waals surface area contributed by atoms with Crippen LogP contribution in [0.25, 0.3) is 10.8 Å². The summed E-state index contributed by atoms with van der Waals surface area (Å²) in [6, 6.07) is 38.5. The number of Topliss-reactive ketones (excluding diaryl/α,β-unsaturated/α-hetero) is 1. The highest BCUT2D eigenvalue weighted by Crippen LogP contribution is 2.60. The summed E-state index contributed by atoms with van der Waals surface area (Å²) in [7, 11) is 8.31. The zero-order valence-corrected chi connectivity index (χ0v) is 57.0. The van der Waals surface area contributed by atoms with Crippen LogP contribution >= 0.6 is 43.2 Å². The van der Waals surface area contributed by atoms with Gasteiger partial charge in [0, 0.05) is 64.9 Å². The number of ketones is 1. The molecular formula is C78H92N2O9S4.